The normalized spacial score (nSPS) is 18.6. The van der Waals surface area contributed by atoms with Gasteiger partial charge in [-0.2, -0.15) is 0 Å². The molecule has 0 aromatic heterocycles. The van der Waals surface area contributed by atoms with Gasteiger partial charge in [-0.25, -0.2) is 8.42 Å². The molecule has 1 atom stereocenters. The molecule has 0 saturated carbocycles. The van der Waals surface area contributed by atoms with Gasteiger partial charge in [0.25, 0.3) is 0 Å². The fourth-order valence-electron chi connectivity index (χ4n) is 2.16. The van der Waals surface area contributed by atoms with Crippen LogP contribution in [-0.4, -0.2) is 46.4 Å². The number of hydrogen-bond acceptors (Lipinski definition) is 5. The summed E-state index contributed by atoms with van der Waals surface area (Å²) in [6.07, 6.45) is 3.41. The third kappa shape index (κ3) is 5.11. The summed E-state index contributed by atoms with van der Waals surface area (Å²) in [5.74, 6) is -0.210. The quantitative estimate of drug-likeness (QED) is 0.811. The standard InChI is InChI=1S/C14H20N2O4S/c1-21(18,19)13-6-2-4-11(8-13)16-14(17)10-15-9-12-5-3-7-20-12/h2,4,6,8,12,15H,3,5,7,9-10H2,1H3,(H,16,17). The molecule has 1 aromatic carbocycles. The van der Waals surface area contributed by atoms with Crippen LogP contribution in [0.3, 0.4) is 0 Å². The second kappa shape index (κ2) is 7.02. The Balaban J connectivity index is 1.82. The highest BCUT2D eigenvalue weighted by Crippen LogP contribution is 2.15. The fourth-order valence-corrected chi connectivity index (χ4v) is 2.83. The first kappa shape index (κ1) is 15.9. The zero-order chi connectivity index (χ0) is 15.3. The molecule has 0 aliphatic carbocycles. The molecule has 1 aliphatic heterocycles. The first-order valence-electron chi connectivity index (χ1n) is 6.87. The summed E-state index contributed by atoms with van der Waals surface area (Å²) >= 11 is 0. The van der Waals surface area contributed by atoms with E-state index in [1.165, 1.54) is 12.1 Å². The lowest BCUT2D eigenvalue weighted by atomic mass is 10.2. The lowest BCUT2D eigenvalue weighted by Crippen LogP contribution is -2.33. The van der Waals surface area contributed by atoms with E-state index in [9.17, 15) is 13.2 Å². The van der Waals surface area contributed by atoms with Crippen molar-refractivity contribution in [3.63, 3.8) is 0 Å². The molecule has 1 heterocycles. The number of carbonyl (C=O) groups excluding carboxylic acids is 1. The molecule has 0 spiro atoms. The number of anilines is 1. The number of ether oxygens (including phenoxy) is 1. The molecule has 0 bridgehead atoms. The molecule has 1 aliphatic rings. The fraction of sp³-hybridized carbons (Fsp3) is 0.500. The second-order valence-electron chi connectivity index (χ2n) is 5.11. The van der Waals surface area contributed by atoms with Crippen molar-refractivity contribution < 1.29 is 17.9 Å². The highest BCUT2D eigenvalue weighted by Gasteiger charge is 2.15. The van der Waals surface area contributed by atoms with Crippen LogP contribution in [0, 0.1) is 0 Å². The van der Waals surface area contributed by atoms with Gasteiger partial charge in [-0.1, -0.05) is 6.07 Å². The van der Waals surface area contributed by atoms with E-state index in [1.807, 2.05) is 0 Å². The van der Waals surface area contributed by atoms with Gasteiger partial charge in [-0.15, -0.1) is 0 Å². The summed E-state index contributed by atoms with van der Waals surface area (Å²) < 4.78 is 28.3. The van der Waals surface area contributed by atoms with Gasteiger partial charge in [0.1, 0.15) is 0 Å². The summed E-state index contributed by atoms with van der Waals surface area (Å²) in [6.45, 7) is 1.61. The minimum Gasteiger partial charge on any atom is -0.377 e. The van der Waals surface area contributed by atoms with Crippen LogP contribution in [0.1, 0.15) is 12.8 Å². The van der Waals surface area contributed by atoms with Crippen LogP contribution in [0.15, 0.2) is 29.2 Å². The van der Waals surface area contributed by atoms with Crippen LogP contribution < -0.4 is 10.6 Å². The van der Waals surface area contributed by atoms with Crippen molar-refractivity contribution in [1.29, 1.82) is 0 Å². The van der Waals surface area contributed by atoms with Gasteiger partial charge in [0, 0.05) is 25.1 Å². The van der Waals surface area contributed by atoms with E-state index >= 15 is 0 Å². The van der Waals surface area contributed by atoms with E-state index in [2.05, 4.69) is 10.6 Å². The molecule has 2 rings (SSSR count). The van der Waals surface area contributed by atoms with Gasteiger partial charge in [0.2, 0.25) is 5.91 Å². The van der Waals surface area contributed by atoms with Crippen molar-refractivity contribution >= 4 is 21.4 Å². The Labute approximate surface area is 124 Å². The van der Waals surface area contributed by atoms with Crippen LogP contribution in [0.2, 0.25) is 0 Å². The molecule has 1 amide bonds. The maximum Gasteiger partial charge on any atom is 0.238 e. The van der Waals surface area contributed by atoms with E-state index < -0.39 is 9.84 Å². The molecular weight excluding hydrogens is 292 g/mol. The lowest BCUT2D eigenvalue weighted by Gasteiger charge is -2.11. The lowest BCUT2D eigenvalue weighted by molar-refractivity contribution is -0.115. The number of benzene rings is 1. The Bertz CT molecular complexity index is 595. The van der Waals surface area contributed by atoms with Crippen LogP contribution in [0.4, 0.5) is 5.69 Å². The Kier molecular flexibility index (Phi) is 5.33. The summed E-state index contributed by atoms with van der Waals surface area (Å²) in [4.78, 5) is 12.0. The highest BCUT2D eigenvalue weighted by atomic mass is 32.2. The molecule has 7 heteroatoms. The molecule has 2 N–H and O–H groups in total. The third-order valence-electron chi connectivity index (χ3n) is 3.23. The number of nitrogens with one attached hydrogen (secondary N) is 2. The summed E-state index contributed by atoms with van der Waals surface area (Å²) in [5.41, 5.74) is 0.474. The van der Waals surface area contributed by atoms with E-state index in [1.54, 1.807) is 12.1 Å². The molecular formula is C14H20N2O4S. The summed E-state index contributed by atoms with van der Waals surface area (Å²) in [7, 11) is -3.27. The minimum absolute atomic E-state index is 0.170. The Hall–Kier alpha value is -1.44. The number of sulfone groups is 1. The molecule has 1 saturated heterocycles. The smallest absolute Gasteiger partial charge is 0.238 e. The van der Waals surface area contributed by atoms with E-state index in [0.29, 0.717) is 12.2 Å². The second-order valence-corrected chi connectivity index (χ2v) is 7.13. The molecule has 6 nitrogen and oxygen atoms in total. The van der Waals surface area contributed by atoms with Crippen molar-refractivity contribution in [2.75, 3.05) is 31.3 Å². The van der Waals surface area contributed by atoms with Crippen LogP contribution >= 0.6 is 0 Å². The van der Waals surface area contributed by atoms with E-state index in [4.69, 9.17) is 4.74 Å². The van der Waals surface area contributed by atoms with Crippen LogP contribution in [0.25, 0.3) is 0 Å². The summed E-state index contributed by atoms with van der Waals surface area (Å²) in [6, 6.07) is 6.21. The average molecular weight is 312 g/mol. The predicted octanol–water partition coefficient (Wildman–Crippen LogP) is 0.797. The van der Waals surface area contributed by atoms with Gasteiger partial charge in [-0.3, -0.25) is 4.79 Å². The Morgan fingerprint density at radius 1 is 1.43 bits per heavy atom. The molecule has 1 aromatic rings. The molecule has 116 valence electrons. The largest absolute Gasteiger partial charge is 0.377 e. The van der Waals surface area contributed by atoms with Gasteiger partial charge in [0.15, 0.2) is 9.84 Å². The molecule has 1 unspecified atom stereocenters. The maximum atomic E-state index is 11.8. The van der Waals surface area contributed by atoms with Gasteiger partial charge in [-0.05, 0) is 31.0 Å². The maximum absolute atomic E-state index is 11.8. The first-order chi connectivity index (χ1) is 9.95. The third-order valence-corrected chi connectivity index (χ3v) is 4.34. The van der Waals surface area contributed by atoms with Crippen molar-refractivity contribution in [3.8, 4) is 0 Å². The van der Waals surface area contributed by atoms with Crippen molar-refractivity contribution in [3.05, 3.63) is 24.3 Å². The monoisotopic (exact) mass is 312 g/mol. The summed E-state index contributed by atoms with van der Waals surface area (Å²) in [5, 5.41) is 5.71. The zero-order valence-electron chi connectivity index (χ0n) is 12.0. The number of hydrogen-bond donors (Lipinski definition) is 2. The van der Waals surface area contributed by atoms with Crippen LogP contribution in [-0.2, 0) is 19.4 Å². The van der Waals surface area contributed by atoms with Crippen LogP contribution in [0.5, 0.6) is 0 Å². The molecule has 0 radical (unpaired) electrons. The Morgan fingerprint density at radius 3 is 2.90 bits per heavy atom. The van der Waals surface area contributed by atoms with Gasteiger partial charge >= 0.3 is 0 Å². The Morgan fingerprint density at radius 2 is 2.24 bits per heavy atom. The highest BCUT2D eigenvalue weighted by molar-refractivity contribution is 7.90. The molecule has 21 heavy (non-hydrogen) atoms. The SMILES string of the molecule is CS(=O)(=O)c1cccc(NC(=O)CNCC2CCCO2)c1. The number of carbonyl (C=O) groups is 1. The zero-order valence-corrected chi connectivity index (χ0v) is 12.8. The van der Waals surface area contributed by atoms with Gasteiger partial charge < -0.3 is 15.4 Å². The predicted molar refractivity (Wildman–Crippen MR) is 80.0 cm³/mol. The number of amides is 1. The number of rotatable bonds is 6. The molecule has 1 fully saturated rings. The van der Waals surface area contributed by atoms with E-state index in [0.717, 1.165) is 25.7 Å². The van der Waals surface area contributed by atoms with Crippen molar-refractivity contribution in [2.24, 2.45) is 0 Å². The average Bonchev–Trinajstić information content (AvgIpc) is 2.91. The first-order valence-corrected chi connectivity index (χ1v) is 8.76. The van der Waals surface area contributed by atoms with Crippen molar-refractivity contribution in [1.82, 2.24) is 5.32 Å². The topological polar surface area (TPSA) is 84.5 Å². The van der Waals surface area contributed by atoms with E-state index in [-0.39, 0.29) is 23.5 Å². The minimum atomic E-state index is -3.27. The van der Waals surface area contributed by atoms with Gasteiger partial charge in [0.05, 0.1) is 17.5 Å². The van der Waals surface area contributed by atoms with Crippen molar-refractivity contribution in [2.45, 2.75) is 23.8 Å².